The maximum atomic E-state index is 10.6. The van der Waals surface area contributed by atoms with E-state index in [0.29, 0.717) is 0 Å². The zero-order valence-electron chi connectivity index (χ0n) is 5.39. The van der Waals surface area contributed by atoms with Crippen LogP contribution in [-0.2, 0) is 13.8 Å². The van der Waals surface area contributed by atoms with Crippen LogP contribution in [0, 0.1) is 0 Å². The number of hydrogen-bond donors (Lipinski definition) is 0. The molecular weight excluding hydrogens is 199 g/mol. The Balaban J connectivity index is 4.95. The third-order valence-electron chi connectivity index (χ3n) is 1.08. The quantitative estimate of drug-likeness (QED) is 0.634. The van der Waals surface area contributed by atoms with Crippen LogP contribution in [0.5, 0.6) is 0 Å². The van der Waals surface area contributed by atoms with E-state index in [1.165, 1.54) is 0 Å². The molecule has 0 rings (SSSR count). The first kappa shape index (κ1) is 10.2. The molecule has 0 saturated carbocycles. The van der Waals surface area contributed by atoms with Crippen molar-refractivity contribution in [2.75, 3.05) is 0 Å². The number of carbonyl (C=O) groups excluding carboxylic acids is 1. The third kappa shape index (κ3) is 1.84. The second-order valence-corrected chi connectivity index (χ2v) is 5.68. The zero-order valence-corrected chi connectivity index (χ0v) is 7.72. The van der Waals surface area contributed by atoms with Gasteiger partial charge >= 0.3 is 0 Å². The van der Waals surface area contributed by atoms with E-state index in [-0.39, 0.29) is 0 Å². The van der Waals surface area contributed by atoms with Crippen LogP contribution < -0.4 is 0 Å². The summed E-state index contributed by atoms with van der Waals surface area (Å²) in [6.45, 7) is 2.29. The molecule has 6 heteroatoms. The van der Waals surface area contributed by atoms with Gasteiger partial charge in [-0.1, -0.05) is 0 Å². The van der Waals surface area contributed by atoms with Crippen LogP contribution in [0.2, 0.25) is 0 Å². The highest BCUT2D eigenvalue weighted by molar-refractivity contribution is 8.15. The SMILES string of the molecule is CC(C)(C(=O)Cl)S(=O)(=O)Cl. The molecule has 0 aromatic heterocycles. The van der Waals surface area contributed by atoms with Gasteiger partial charge < -0.3 is 0 Å². The van der Waals surface area contributed by atoms with Gasteiger partial charge in [0.25, 0.3) is 0 Å². The van der Waals surface area contributed by atoms with Gasteiger partial charge in [0.05, 0.1) is 0 Å². The summed E-state index contributed by atoms with van der Waals surface area (Å²) in [6, 6.07) is 0. The van der Waals surface area contributed by atoms with Gasteiger partial charge in [-0.3, -0.25) is 4.79 Å². The molecule has 0 aromatic rings. The molecule has 0 aliphatic heterocycles. The van der Waals surface area contributed by atoms with Crippen molar-refractivity contribution < 1.29 is 13.2 Å². The van der Waals surface area contributed by atoms with E-state index >= 15 is 0 Å². The van der Waals surface area contributed by atoms with Crippen molar-refractivity contribution in [2.24, 2.45) is 0 Å². The second-order valence-electron chi connectivity index (χ2n) is 2.22. The van der Waals surface area contributed by atoms with Crippen LogP contribution in [0.3, 0.4) is 0 Å². The Kier molecular flexibility index (Phi) is 2.73. The lowest BCUT2D eigenvalue weighted by atomic mass is 10.2. The largest absolute Gasteiger partial charge is 0.279 e. The molecule has 0 saturated heterocycles. The number of halogens is 2. The minimum atomic E-state index is -3.91. The van der Waals surface area contributed by atoms with Crippen LogP contribution >= 0.6 is 22.3 Å². The van der Waals surface area contributed by atoms with E-state index < -0.39 is 19.0 Å². The fourth-order valence-electron chi connectivity index (χ4n) is 0.0958. The van der Waals surface area contributed by atoms with Crippen LogP contribution in [0.1, 0.15) is 13.8 Å². The molecule has 10 heavy (non-hydrogen) atoms. The normalized spacial score (nSPS) is 13.2. The average Bonchev–Trinajstić information content (AvgIpc) is 1.62. The smallest absolute Gasteiger partial charge is 0.246 e. The van der Waals surface area contributed by atoms with E-state index in [1.54, 1.807) is 0 Å². The van der Waals surface area contributed by atoms with E-state index in [0.717, 1.165) is 13.8 Å². The van der Waals surface area contributed by atoms with Crippen molar-refractivity contribution in [1.29, 1.82) is 0 Å². The summed E-state index contributed by atoms with van der Waals surface area (Å²) in [4.78, 5) is 10.4. The Morgan fingerprint density at radius 2 is 1.70 bits per heavy atom. The first-order valence-electron chi connectivity index (χ1n) is 2.33. The lowest BCUT2D eigenvalue weighted by Gasteiger charge is -2.13. The fraction of sp³-hybridized carbons (Fsp3) is 0.750. The van der Waals surface area contributed by atoms with E-state index in [9.17, 15) is 13.2 Å². The monoisotopic (exact) mass is 204 g/mol. The average molecular weight is 205 g/mol. The van der Waals surface area contributed by atoms with Crippen molar-refractivity contribution in [3.63, 3.8) is 0 Å². The van der Waals surface area contributed by atoms with Crippen molar-refractivity contribution in [2.45, 2.75) is 18.6 Å². The summed E-state index contributed by atoms with van der Waals surface area (Å²) < 4.78 is 19.4. The summed E-state index contributed by atoms with van der Waals surface area (Å²) in [6.07, 6.45) is 0. The van der Waals surface area contributed by atoms with E-state index in [1.807, 2.05) is 0 Å². The van der Waals surface area contributed by atoms with Gasteiger partial charge in [0.2, 0.25) is 14.3 Å². The summed E-state index contributed by atoms with van der Waals surface area (Å²) >= 11 is 4.95. The van der Waals surface area contributed by atoms with Crippen LogP contribution in [0.15, 0.2) is 0 Å². The molecule has 0 aromatic carbocycles. The molecule has 0 N–H and O–H groups in total. The Hall–Kier alpha value is 0.200. The highest BCUT2D eigenvalue weighted by Crippen LogP contribution is 2.22. The van der Waals surface area contributed by atoms with Crippen molar-refractivity contribution in [1.82, 2.24) is 0 Å². The first-order chi connectivity index (χ1) is 4.19. The molecule has 60 valence electrons. The van der Waals surface area contributed by atoms with E-state index in [4.69, 9.17) is 22.3 Å². The topological polar surface area (TPSA) is 51.2 Å². The minimum Gasteiger partial charge on any atom is -0.279 e. The van der Waals surface area contributed by atoms with E-state index in [2.05, 4.69) is 0 Å². The molecule has 0 spiro atoms. The molecule has 0 heterocycles. The highest BCUT2D eigenvalue weighted by atomic mass is 35.7. The Morgan fingerprint density at radius 3 is 1.70 bits per heavy atom. The molecule has 0 aliphatic rings. The van der Waals surface area contributed by atoms with Crippen molar-refractivity contribution in [3.8, 4) is 0 Å². The number of carbonyl (C=O) groups is 1. The molecule has 0 unspecified atom stereocenters. The van der Waals surface area contributed by atoms with Gasteiger partial charge in [-0.05, 0) is 25.4 Å². The molecule has 3 nitrogen and oxygen atoms in total. The summed E-state index contributed by atoms with van der Waals surface area (Å²) in [7, 11) is 0.976. The lowest BCUT2D eigenvalue weighted by Crippen LogP contribution is -2.34. The predicted octanol–water partition coefficient (Wildman–Crippen LogP) is 1.10. The van der Waals surface area contributed by atoms with Crippen LogP contribution in [0.4, 0.5) is 0 Å². The van der Waals surface area contributed by atoms with Crippen LogP contribution in [0.25, 0.3) is 0 Å². The van der Waals surface area contributed by atoms with Crippen molar-refractivity contribution >= 4 is 36.6 Å². The molecule has 0 radical (unpaired) electrons. The zero-order chi connectivity index (χ0) is 8.58. The fourth-order valence-corrected chi connectivity index (χ4v) is 0.921. The van der Waals surface area contributed by atoms with Gasteiger partial charge in [0, 0.05) is 10.7 Å². The molecule has 0 atom stereocenters. The van der Waals surface area contributed by atoms with Gasteiger partial charge in [-0.25, -0.2) is 8.42 Å². The summed E-state index contributed by atoms with van der Waals surface area (Å²) in [5, 5.41) is -0.984. The van der Waals surface area contributed by atoms with Gasteiger partial charge in [0.15, 0.2) is 4.75 Å². The van der Waals surface area contributed by atoms with Crippen molar-refractivity contribution in [3.05, 3.63) is 0 Å². The molecular formula is C4H6Cl2O3S. The first-order valence-corrected chi connectivity index (χ1v) is 5.02. The summed E-state index contributed by atoms with van der Waals surface area (Å²) in [5.41, 5.74) is 0. The third-order valence-corrected chi connectivity index (χ3v) is 4.23. The van der Waals surface area contributed by atoms with Gasteiger partial charge in [0.1, 0.15) is 0 Å². The highest BCUT2D eigenvalue weighted by Gasteiger charge is 2.39. The Labute approximate surface area is 68.7 Å². The van der Waals surface area contributed by atoms with Crippen LogP contribution in [-0.4, -0.2) is 18.4 Å². The predicted molar refractivity (Wildman–Crippen MR) is 39.7 cm³/mol. The summed E-state index contributed by atoms with van der Waals surface area (Å²) in [5.74, 6) is 0. The number of rotatable bonds is 2. The maximum absolute atomic E-state index is 10.6. The lowest BCUT2D eigenvalue weighted by molar-refractivity contribution is -0.113. The Morgan fingerprint density at radius 1 is 1.40 bits per heavy atom. The standard InChI is InChI=1S/C4H6Cl2O3S/c1-4(2,3(5)7)10(6,8)9/h1-2H3. The minimum absolute atomic E-state index is 0.984. The molecule has 0 fully saturated rings. The Bertz CT molecular complexity index is 241. The maximum Gasteiger partial charge on any atom is 0.246 e. The van der Waals surface area contributed by atoms with Gasteiger partial charge in [-0.15, -0.1) is 0 Å². The molecule has 0 bridgehead atoms. The second kappa shape index (κ2) is 2.68. The number of hydrogen-bond acceptors (Lipinski definition) is 3. The van der Waals surface area contributed by atoms with Gasteiger partial charge in [-0.2, -0.15) is 0 Å². The molecule has 0 aliphatic carbocycles. The molecule has 0 amide bonds.